The van der Waals surface area contributed by atoms with Crippen molar-refractivity contribution in [2.45, 2.75) is 26.4 Å². The van der Waals surface area contributed by atoms with Gasteiger partial charge < -0.3 is 5.11 Å². The number of hydrogen-bond acceptors (Lipinski definition) is 1. The van der Waals surface area contributed by atoms with E-state index in [9.17, 15) is 9.50 Å². The summed E-state index contributed by atoms with van der Waals surface area (Å²) >= 11 is 0. The third kappa shape index (κ3) is 2.59. The van der Waals surface area contributed by atoms with E-state index >= 15 is 0 Å². The van der Waals surface area contributed by atoms with Crippen molar-refractivity contribution in [3.05, 3.63) is 70.5 Å². The number of benzene rings is 2. The zero-order chi connectivity index (χ0) is 13.1. The van der Waals surface area contributed by atoms with Crippen LogP contribution < -0.4 is 0 Å². The number of aliphatic hydroxyl groups excluding tert-OH is 1. The van der Waals surface area contributed by atoms with Gasteiger partial charge in [0.2, 0.25) is 0 Å². The van der Waals surface area contributed by atoms with Crippen molar-refractivity contribution in [3.63, 3.8) is 0 Å². The van der Waals surface area contributed by atoms with E-state index in [1.54, 1.807) is 25.1 Å². The highest BCUT2D eigenvalue weighted by Crippen LogP contribution is 2.24. The fourth-order valence-electron chi connectivity index (χ4n) is 2.08. The molecule has 1 N–H and O–H groups in total. The summed E-state index contributed by atoms with van der Waals surface area (Å²) in [6.45, 7) is 3.70. The lowest BCUT2D eigenvalue weighted by Gasteiger charge is -2.14. The first-order chi connectivity index (χ1) is 8.59. The Balaban J connectivity index is 2.25. The summed E-state index contributed by atoms with van der Waals surface area (Å²) < 4.78 is 13.9. The van der Waals surface area contributed by atoms with Crippen LogP contribution in [0.2, 0.25) is 0 Å². The molecule has 0 spiro atoms. The Kier molecular flexibility index (Phi) is 3.78. The minimum absolute atomic E-state index is 0.307. The van der Waals surface area contributed by atoms with Gasteiger partial charge in [-0.25, -0.2) is 4.39 Å². The van der Waals surface area contributed by atoms with Crippen LogP contribution in [0.4, 0.5) is 4.39 Å². The fourth-order valence-corrected chi connectivity index (χ4v) is 2.08. The largest absolute Gasteiger partial charge is 0.388 e. The molecular formula is C16H17FO. The van der Waals surface area contributed by atoms with E-state index in [0.717, 1.165) is 11.1 Å². The van der Waals surface area contributed by atoms with Gasteiger partial charge in [-0.05, 0) is 30.5 Å². The maximum Gasteiger partial charge on any atom is 0.131 e. The van der Waals surface area contributed by atoms with Gasteiger partial charge in [0, 0.05) is 12.0 Å². The van der Waals surface area contributed by atoms with E-state index in [2.05, 4.69) is 0 Å². The molecule has 0 aliphatic carbocycles. The van der Waals surface area contributed by atoms with Crippen molar-refractivity contribution in [1.29, 1.82) is 0 Å². The van der Waals surface area contributed by atoms with Crippen molar-refractivity contribution in [1.82, 2.24) is 0 Å². The van der Waals surface area contributed by atoms with Gasteiger partial charge in [-0.15, -0.1) is 0 Å². The first kappa shape index (κ1) is 12.8. The predicted octanol–water partition coefficient (Wildman–Crippen LogP) is 3.72. The molecule has 0 saturated heterocycles. The topological polar surface area (TPSA) is 20.2 Å². The first-order valence-electron chi connectivity index (χ1n) is 6.07. The average molecular weight is 244 g/mol. The highest BCUT2D eigenvalue weighted by molar-refractivity contribution is 5.31. The van der Waals surface area contributed by atoms with Crippen LogP contribution in [0, 0.1) is 19.7 Å². The van der Waals surface area contributed by atoms with Gasteiger partial charge >= 0.3 is 0 Å². The number of rotatable bonds is 3. The van der Waals surface area contributed by atoms with Gasteiger partial charge in [-0.2, -0.15) is 0 Å². The molecule has 2 aromatic rings. The number of aliphatic hydroxyl groups is 1. The van der Waals surface area contributed by atoms with Crippen LogP contribution in [-0.4, -0.2) is 5.11 Å². The second-order valence-corrected chi connectivity index (χ2v) is 4.62. The first-order valence-corrected chi connectivity index (χ1v) is 6.07. The molecule has 94 valence electrons. The SMILES string of the molecule is Cc1ccccc1CC(O)c1cccc(C)c1F. The Morgan fingerprint density at radius 2 is 1.67 bits per heavy atom. The molecule has 0 bridgehead atoms. The lowest BCUT2D eigenvalue weighted by molar-refractivity contribution is 0.173. The predicted molar refractivity (Wildman–Crippen MR) is 71.0 cm³/mol. The van der Waals surface area contributed by atoms with Crippen LogP contribution in [0.3, 0.4) is 0 Å². The van der Waals surface area contributed by atoms with Crippen LogP contribution >= 0.6 is 0 Å². The molecule has 2 rings (SSSR count). The van der Waals surface area contributed by atoms with Crippen LogP contribution in [0.25, 0.3) is 0 Å². The molecule has 0 heterocycles. The van der Waals surface area contributed by atoms with E-state index in [1.807, 2.05) is 31.2 Å². The summed E-state index contributed by atoms with van der Waals surface area (Å²) in [7, 11) is 0. The van der Waals surface area contributed by atoms with Crippen molar-refractivity contribution in [2.75, 3.05) is 0 Å². The summed E-state index contributed by atoms with van der Waals surface area (Å²) in [6, 6.07) is 13.0. The van der Waals surface area contributed by atoms with E-state index in [0.29, 0.717) is 17.5 Å². The molecule has 1 nitrogen and oxygen atoms in total. The van der Waals surface area contributed by atoms with Gasteiger partial charge in [-0.1, -0.05) is 42.5 Å². The molecule has 0 aliphatic rings. The van der Waals surface area contributed by atoms with E-state index in [1.165, 1.54) is 0 Å². The number of aryl methyl sites for hydroxylation is 2. The second kappa shape index (κ2) is 5.32. The normalized spacial score (nSPS) is 12.4. The van der Waals surface area contributed by atoms with E-state index in [4.69, 9.17) is 0 Å². The Bertz CT molecular complexity index is 549. The summed E-state index contributed by atoms with van der Waals surface area (Å²) in [5.74, 6) is -0.307. The van der Waals surface area contributed by atoms with Gasteiger partial charge in [0.1, 0.15) is 5.82 Å². The molecule has 0 saturated carbocycles. The van der Waals surface area contributed by atoms with Crippen LogP contribution in [0.1, 0.15) is 28.4 Å². The van der Waals surface area contributed by atoms with Crippen molar-refractivity contribution in [2.24, 2.45) is 0 Å². The van der Waals surface area contributed by atoms with E-state index < -0.39 is 6.10 Å². The Labute approximate surface area is 107 Å². The van der Waals surface area contributed by atoms with Gasteiger partial charge in [0.25, 0.3) is 0 Å². The Morgan fingerprint density at radius 1 is 1.00 bits per heavy atom. The lowest BCUT2D eigenvalue weighted by atomic mass is 9.97. The fraction of sp³-hybridized carbons (Fsp3) is 0.250. The zero-order valence-electron chi connectivity index (χ0n) is 10.7. The molecule has 2 aromatic carbocycles. The molecule has 0 fully saturated rings. The second-order valence-electron chi connectivity index (χ2n) is 4.62. The lowest BCUT2D eigenvalue weighted by Crippen LogP contribution is -2.06. The Hall–Kier alpha value is -1.67. The van der Waals surface area contributed by atoms with E-state index in [-0.39, 0.29) is 5.82 Å². The van der Waals surface area contributed by atoms with Crippen molar-refractivity contribution >= 4 is 0 Å². The van der Waals surface area contributed by atoms with Crippen LogP contribution in [-0.2, 0) is 6.42 Å². The minimum Gasteiger partial charge on any atom is -0.388 e. The summed E-state index contributed by atoms with van der Waals surface area (Å²) in [4.78, 5) is 0. The molecule has 0 radical (unpaired) electrons. The van der Waals surface area contributed by atoms with Crippen molar-refractivity contribution in [3.8, 4) is 0 Å². The van der Waals surface area contributed by atoms with Crippen molar-refractivity contribution < 1.29 is 9.50 Å². The van der Waals surface area contributed by atoms with Gasteiger partial charge in [0.15, 0.2) is 0 Å². The zero-order valence-corrected chi connectivity index (χ0v) is 10.7. The molecule has 0 amide bonds. The molecule has 0 aromatic heterocycles. The molecule has 1 unspecified atom stereocenters. The summed E-state index contributed by atoms with van der Waals surface area (Å²) in [5, 5.41) is 10.2. The molecule has 2 heteroatoms. The highest BCUT2D eigenvalue weighted by Gasteiger charge is 2.15. The van der Waals surface area contributed by atoms with Gasteiger partial charge in [-0.3, -0.25) is 0 Å². The quantitative estimate of drug-likeness (QED) is 0.872. The molecule has 18 heavy (non-hydrogen) atoms. The van der Waals surface area contributed by atoms with Crippen LogP contribution in [0.5, 0.6) is 0 Å². The average Bonchev–Trinajstić information content (AvgIpc) is 2.35. The maximum absolute atomic E-state index is 13.9. The summed E-state index contributed by atoms with van der Waals surface area (Å²) in [5.41, 5.74) is 3.10. The third-order valence-corrected chi connectivity index (χ3v) is 3.26. The number of halogens is 1. The summed E-state index contributed by atoms with van der Waals surface area (Å²) in [6.07, 6.45) is -0.362. The maximum atomic E-state index is 13.9. The number of hydrogen-bond donors (Lipinski definition) is 1. The molecular weight excluding hydrogens is 227 g/mol. The highest BCUT2D eigenvalue weighted by atomic mass is 19.1. The Morgan fingerprint density at radius 3 is 2.39 bits per heavy atom. The van der Waals surface area contributed by atoms with Gasteiger partial charge in [0.05, 0.1) is 6.10 Å². The molecule has 1 atom stereocenters. The monoisotopic (exact) mass is 244 g/mol. The molecule has 0 aliphatic heterocycles. The van der Waals surface area contributed by atoms with Crippen LogP contribution in [0.15, 0.2) is 42.5 Å². The third-order valence-electron chi connectivity index (χ3n) is 3.26. The smallest absolute Gasteiger partial charge is 0.131 e. The standard InChI is InChI=1S/C16H17FO/c1-11-6-3-4-8-13(11)10-15(18)14-9-5-7-12(2)16(14)17/h3-9,15,18H,10H2,1-2H3. The minimum atomic E-state index is -0.800.